The Morgan fingerprint density at radius 2 is 1.96 bits per heavy atom. The lowest BCUT2D eigenvalue weighted by Crippen LogP contribution is -2.40. The molecule has 0 bridgehead atoms. The summed E-state index contributed by atoms with van der Waals surface area (Å²) < 4.78 is 0. The van der Waals surface area contributed by atoms with E-state index in [-0.39, 0.29) is 24.2 Å². The number of benzene rings is 1. The Bertz CT molecular complexity index is 575. The van der Waals surface area contributed by atoms with Gasteiger partial charge in [0.2, 0.25) is 5.91 Å². The zero-order chi connectivity index (χ0) is 16.9. The van der Waals surface area contributed by atoms with E-state index in [4.69, 9.17) is 0 Å². The SMILES string of the molecule is Cc1cc(SC2CCCCC2)ccc1NC(=O)[C@H]1CCN[C@@H](C)C1.Cl. The van der Waals surface area contributed by atoms with Crippen LogP contribution >= 0.6 is 24.2 Å². The van der Waals surface area contributed by atoms with Gasteiger partial charge in [-0.3, -0.25) is 4.79 Å². The van der Waals surface area contributed by atoms with Crippen LogP contribution in [0.3, 0.4) is 0 Å². The highest BCUT2D eigenvalue weighted by atomic mass is 35.5. The average Bonchev–Trinajstić information content (AvgIpc) is 2.58. The Morgan fingerprint density at radius 1 is 1.20 bits per heavy atom. The second-order valence-corrected chi connectivity index (χ2v) is 8.79. The van der Waals surface area contributed by atoms with E-state index >= 15 is 0 Å². The van der Waals surface area contributed by atoms with Crippen molar-refractivity contribution >= 4 is 35.8 Å². The highest BCUT2D eigenvalue weighted by Crippen LogP contribution is 2.35. The van der Waals surface area contributed by atoms with E-state index in [9.17, 15) is 4.79 Å². The van der Waals surface area contributed by atoms with Gasteiger partial charge in [-0.2, -0.15) is 0 Å². The molecule has 0 unspecified atom stereocenters. The predicted octanol–water partition coefficient (Wildman–Crippen LogP) is 5.17. The number of anilines is 1. The molecule has 1 saturated heterocycles. The second kappa shape index (κ2) is 9.84. The molecule has 140 valence electrons. The molecule has 1 saturated carbocycles. The molecule has 25 heavy (non-hydrogen) atoms. The van der Waals surface area contributed by atoms with Crippen LogP contribution in [0.5, 0.6) is 0 Å². The maximum Gasteiger partial charge on any atom is 0.227 e. The number of thioether (sulfide) groups is 1. The molecule has 1 aliphatic heterocycles. The molecule has 0 spiro atoms. The van der Waals surface area contributed by atoms with Crippen LogP contribution in [0.2, 0.25) is 0 Å². The van der Waals surface area contributed by atoms with Gasteiger partial charge in [-0.15, -0.1) is 24.2 Å². The quantitative estimate of drug-likeness (QED) is 0.754. The number of hydrogen-bond donors (Lipinski definition) is 2. The Labute approximate surface area is 162 Å². The summed E-state index contributed by atoms with van der Waals surface area (Å²) in [6, 6.07) is 6.93. The Kier molecular flexibility index (Phi) is 8.11. The second-order valence-electron chi connectivity index (χ2n) is 7.42. The van der Waals surface area contributed by atoms with Crippen molar-refractivity contribution in [2.24, 2.45) is 5.92 Å². The van der Waals surface area contributed by atoms with Crippen molar-refractivity contribution in [3.63, 3.8) is 0 Å². The summed E-state index contributed by atoms with van der Waals surface area (Å²) in [5, 5.41) is 7.33. The van der Waals surface area contributed by atoms with Gasteiger partial charge in [0.05, 0.1) is 0 Å². The molecule has 0 aromatic heterocycles. The van der Waals surface area contributed by atoms with Gasteiger partial charge in [0.1, 0.15) is 0 Å². The van der Waals surface area contributed by atoms with Crippen LogP contribution in [0, 0.1) is 12.8 Å². The van der Waals surface area contributed by atoms with Crippen LogP contribution in [-0.2, 0) is 4.79 Å². The van der Waals surface area contributed by atoms with Crippen LogP contribution in [0.1, 0.15) is 57.4 Å². The smallest absolute Gasteiger partial charge is 0.227 e. The third kappa shape index (κ3) is 5.90. The van der Waals surface area contributed by atoms with Gasteiger partial charge >= 0.3 is 0 Å². The van der Waals surface area contributed by atoms with Crippen LogP contribution in [0.4, 0.5) is 5.69 Å². The van der Waals surface area contributed by atoms with Gasteiger partial charge in [-0.05, 0) is 69.8 Å². The molecule has 1 aromatic carbocycles. The van der Waals surface area contributed by atoms with Crippen molar-refractivity contribution in [2.75, 3.05) is 11.9 Å². The summed E-state index contributed by atoms with van der Waals surface area (Å²) in [6.07, 6.45) is 8.70. The summed E-state index contributed by atoms with van der Waals surface area (Å²) >= 11 is 2.01. The number of hydrogen-bond acceptors (Lipinski definition) is 3. The standard InChI is InChI=1S/C20H30N2OS.ClH/c1-14-12-18(24-17-6-4-3-5-7-17)8-9-19(14)22-20(23)16-10-11-21-15(2)13-16;/h8-9,12,15-17,21H,3-7,10-11,13H2,1-2H3,(H,22,23);1H/t15-,16-;/m0./s1. The summed E-state index contributed by atoms with van der Waals surface area (Å²) in [5.41, 5.74) is 2.14. The van der Waals surface area contributed by atoms with E-state index in [1.165, 1.54) is 42.6 Å². The van der Waals surface area contributed by atoms with Gasteiger partial charge < -0.3 is 10.6 Å². The number of amides is 1. The lowest BCUT2D eigenvalue weighted by Gasteiger charge is -2.27. The first-order chi connectivity index (χ1) is 11.6. The minimum atomic E-state index is 0. The van der Waals surface area contributed by atoms with Crippen molar-refractivity contribution < 1.29 is 4.79 Å². The lowest BCUT2D eigenvalue weighted by atomic mass is 9.92. The van der Waals surface area contributed by atoms with Gasteiger partial charge in [-0.1, -0.05) is 19.3 Å². The third-order valence-electron chi connectivity index (χ3n) is 5.31. The van der Waals surface area contributed by atoms with Crippen molar-refractivity contribution in [1.29, 1.82) is 0 Å². The zero-order valence-corrected chi connectivity index (χ0v) is 17.0. The Morgan fingerprint density at radius 3 is 2.64 bits per heavy atom. The molecular weight excluding hydrogens is 352 g/mol. The first-order valence-corrected chi connectivity index (χ1v) is 10.3. The molecule has 5 heteroatoms. The number of halogens is 1. The summed E-state index contributed by atoms with van der Waals surface area (Å²) in [7, 11) is 0. The summed E-state index contributed by atoms with van der Waals surface area (Å²) in [6.45, 7) is 5.20. The van der Waals surface area contributed by atoms with Crippen molar-refractivity contribution in [2.45, 2.75) is 75.0 Å². The maximum atomic E-state index is 12.5. The maximum absolute atomic E-state index is 12.5. The van der Waals surface area contributed by atoms with Gasteiger partial charge in [0, 0.05) is 27.8 Å². The van der Waals surface area contributed by atoms with E-state index in [1.807, 2.05) is 11.8 Å². The molecule has 1 amide bonds. The van der Waals surface area contributed by atoms with E-state index in [0.29, 0.717) is 6.04 Å². The minimum Gasteiger partial charge on any atom is -0.326 e. The van der Waals surface area contributed by atoms with E-state index in [1.54, 1.807) is 0 Å². The minimum absolute atomic E-state index is 0. The zero-order valence-electron chi connectivity index (χ0n) is 15.3. The largest absolute Gasteiger partial charge is 0.326 e. The highest BCUT2D eigenvalue weighted by Gasteiger charge is 2.25. The van der Waals surface area contributed by atoms with E-state index in [2.05, 4.69) is 42.7 Å². The third-order valence-corrected chi connectivity index (χ3v) is 6.64. The molecule has 2 atom stereocenters. The topological polar surface area (TPSA) is 41.1 Å². The summed E-state index contributed by atoms with van der Waals surface area (Å²) in [4.78, 5) is 13.9. The average molecular weight is 383 g/mol. The Hall–Kier alpha value is -0.710. The lowest BCUT2D eigenvalue weighted by molar-refractivity contribution is -0.120. The number of aryl methyl sites for hydroxylation is 1. The normalized spacial score (nSPS) is 24.4. The molecule has 1 heterocycles. The molecule has 2 N–H and O–H groups in total. The fraction of sp³-hybridized carbons (Fsp3) is 0.650. The molecule has 2 aliphatic rings. The van der Waals surface area contributed by atoms with E-state index in [0.717, 1.165) is 30.3 Å². The van der Waals surface area contributed by atoms with Crippen molar-refractivity contribution in [3.8, 4) is 0 Å². The Balaban J connectivity index is 0.00000225. The molecular formula is C20H31ClN2OS. The van der Waals surface area contributed by atoms with Gasteiger partial charge in [0.25, 0.3) is 0 Å². The molecule has 3 nitrogen and oxygen atoms in total. The number of piperidine rings is 1. The molecule has 1 aromatic rings. The molecule has 1 aliphatic carbocycles. The van der Waals surface area contributed by atoms with E-state index < -0.39 is 0 Å². The number of carbonyl (C=O) groups is 1. The van der Waals surface area contributed by atoms with Crippen LogP contribution in [0.25, 0.3) is 0 Å². The number of carbonyl (C=O) groups excluding carboxylic acids is 1. The monoisotopic (exact) mass is 382 g/mol. The molecule has 3 rings (SSSR count). The van der Waals surface area contributed by atoms with Gasteiger partial charge in [-0.25, -0.2) is 0 Å². The van der Waals surface area contributed by atoms with Crippen molar-refractivity contribution in [1.82, 2.24) is 5.32 Å². The molecule has 0 radical (unpaired) electrons. The highest BCUT2D eigenvalue weighted by molar-refractivity contribution is 8.00. The first kappa shape index (κ1) is 20.6. The number of rotatable bonds is 4. The van der Waals surface area contributed by atoms with Crippen LogP contribution < -0.4 is 10.6 Å². The molecule has 2 fully saturated rings. The fourth-order valence-electron chi connectivity index (χ4n) is 3.83. The first-order valence-electron chi connectivity index (χ1n) is 9.43. The van der Waals surface area contributed by atoms with Crippen LogP contribution in [0.15, 0.2) is 23.1 Å². The fourth-order valence-corrected chi connectivity index (χ4v) is 5.18. The van der Waals surface area contributed by atoms with Gasteiger partial charge in [0.15, 0.2) is 0 Å². The van der Waals surface area contributed by atoms with Crippen LogP contribution in [-0.4, -0.2) is 23.7 Å². The summed E-state index contributed by atoms with van der Waals surface area (Å²) in [5.74, 6) is 0.316. The van der Waals surface area contributed by atoms with Crippen molar-refractivity contribution in [3.05, 3.63) is 23.8 Å². The predicted molar refractivity (Wildman–Crippen MR) is 110 cm³/mol. The number of nitrogens with one attached hydrogen (secondary N) is 2.